The van der Waals surface area contributed by atoms with Gasteiger partial charge in [-0.1, -0.05) is 25.1 Å². The Balaban J connectivity index is 4.00. The molecule has 0 radical (unpaired) electrons. The summed E-state index contributed by atoms with van der Waals surface area (Å²) in [6, 6.07) is 0. The second-order valence-corrected chi connectivity index (χ2v) is 3.68. The molecular weight excluding hydrogens is 194 g/mol. The number of Topliss-reactive ketones (excluding diaryl/α,β-unsaturated/α-hetero) is 1. The van der Waals surface area contributed by atoms with Crippen LogP contribution in [0.15, 0.2) is 17.3 Å². The molecule has 0 fully saturated rings. The van der Waals surface area contributed by atoms with Gasteiger partial charge in [-0.15, -0.1) is 0 Å². The van der Waals surface area contributed by atoms with E-state index in [-0.39, 0.29) is 11.5 Å². The molecule has 15 heavy (non-hydrogen) atoms. The predicted molar refractivity (Wildman–Crippen MR) is 58.5 cm³/mol. The van der Waals surface area contributed by atoms with Gasteiger partial charge in [-0.25, -0.2) is 4.79 Å². The van der Waals surface area contributed by atoms with Crippen LogP contribution in [0.25, 0.3) is 0 Å². The van der Waals surface area contributed by atoms with Crippen LogP contribution in [0.1, 0.15) is 34.1 Å². The first-order valence-corrected chi connectivity index (χ1v) is 4.86. The van der Waals surface area contributed by atoms with Gasteiger partial charge in [0.2, 0.25) is 0 Å². The van der Waals surface area contributed by atoms with Crippen LogP contribution in [0.2, 0.25) is 0 Å². The molecule has 0 aromatic carbocycles. The number of nitrogens with zero attached hydrogens (tertiary/aromatic N) is 1. The summed E-state index contributed by atoms with van der Waals surface area (Å²) in [5.74, 6) is -0.276. The zero-order chi connectivity index (χ0) is 11.8. The standard InChI is InChI=1S/C11H17NO3/c1-8(2)6-5-7-11(14)15-12-9(3)10(4)13/h5,7-8H,6H2,1-4H3. The van der Waals surface area contributed by atoms with Crippen LogP contribution in [0, 0.1) is 5.92 Å². The van der Waals surface area contributed by atoms with Crippen LogP contribution in [0.5, 0.6) is 0 Å². The largest absolute Gasteiger partial charge is 0.358 e. The zero-order valence-corrected chi connectivity index (χ0v) is 9.61. The topological polar surface area (TPSA) is 55.7 Å². The average molecular weight is 211 g/mol. The lowest BCUT2D eigenvalue weighted by molar-refractivity contribution is -0.137. The molecule has 0 N–H and O–H groups in total. The highest BCUT2D eigenvalue weighted by molar-refractivity contribution is 6.37. The molecule has 0 bridgehead atoms. The minimum Gasteiger partial charge on any atom is -0.313 e. The molecule has 0 saturated carbocycles. The third-order valence-electron chi connectivity index (χ3n) is 1.64. The van der Waals surface area contributed by atoms with E-state index in [1.807, 2.05) is 13.8 Å². The summed E-state index contributed by atoms with van der Waals surface area (Å²) in [5, 5.41) is 3.39. The first kappa shape index (κ1) is 13.5. The molecule has 4 nitrogen and oxygen atoms in total. The second-order valence-electron chi connectivity index (χ2n) is 3.68. The Morgan fingerprint density at radius 1 is 1.33 bits per heavy atom. The number of carbonyl (C=O) groups excluding carboxylic acids is 2. The average Bonchev–Trinajstić information content (AvgIpc) is 2.13. The van der Waals surface area contributed by atoms with E-state index >= 15 is 0 Å². The number of hydrogen-bond donors (Lipinski definition) is 0. The molecule has 0 rings (SSSR count). The number of rotatable bonds is 5. The summed E-state index contributed by atoms with van der Waals surface area (Å²) in [6.07, 6.45) is 3.85. The number of ketones is 1. The van der Waals surface area contributed by atoms with Crippen molar-refractivity contribution in [1.29, 1.82) is 0 Å². The Hall–Kier alpha value is -1.45. The quantitative estimate of drug-likeness (QED) is 0.303. The fourth-order valence-electron chi connectivity index (χ4n) is 0.645. The lowest BCUT2D eigenvalue weighted by Gasteiger charge is -1.96. The van der Waals surface area contributed by atoms with Gasteiger partial charge in [0.15, 0.2) is 5.78 Å². The normalized spacial score (nSPS) is 12.2. The summed E-state index contributed by atoms with van der Waals surface area (Å²) in [6.45, 7) is 6.95. The first-order valence-electron chi connectivity index (χ1n) is 4.86. The molecule has 0 aliphatic rings. The van der Waals surface area contributed by atoms with E-state index in [0.29, 0.717) is 5.92 Å². The molecule has 0 unspecified atom stereocenters. The van der Waals surface area contributed by atoms with Crippen molar-refractivity contribution in [3.63, 3.8) is 0 Å². The van der Waals surface area contributed by atoms with Gasteiger partial charge in [0.1, 0.15) is 5.71 Å². The Morgan fingerprint density at radius 2 is 1.93 bits per heavy atom. The number of oxime groups is 1. The Bertz CT molecular complexity index is 290. The molecule has 4 heteroatoms. The van der Waals surface area contributed by atoms with Gasteiger partial charge in [-0.05, 0) is 19.3 Å². The smallest absolute Gasteiger partial charge is 0.313 e. The lowest BCUT2D eigenvalue weighted by Crippen LogP contribution is -2.06. The monoisotopic (exact) mass is 211 g/mol. The van der Waals surface area contributed by atoms with Gasteiger partial charge in [-0.2, -0.15) is 0 Å². The third-order valence-corrected chi connectivity index (χ3v) is 1.64. The summed E-state index contributed by atoms with van der Waals surface area (Å²) >= 11 is 0. The molecule has 0 aliphatic heterocycles. The molecule has 0 atom stereocenters. The highest BCUT2D eigenvalue weighted by Gasteiger charge is 2.00. The van der Waals surface area contributed by atoms with Crippen LogP contribution in [0.3, 0.4) is 0 Å². The molecular formula is C11H17NO3. The maximum Gasteiger partial charge on any atom is 0.358 e. The third kappa shape index (κ3) is 7.61. The fourth-order valence-corrected chi connectivity index (χ4v) is 0.645. The van der Waals surface area contributed by atoms with Gasteiger partial charge < -0.3 is 4.84 Å². The lowest BCUT2D eigenvalue weighted by atomic mass is 10.1. The SMILES string of the molecule is CC(=O)C(C)=NOC(=O)C=CCC(C)C. The Kier molecular flexibility index (Phi) is 6.25. The predicted octanol–water partition coefficient (Wildman–Crippen LogP) is 2.10. The number of allylic oxidation sites excluding steroid dienone is 1. The summed E-state index contributed by atoms with van der Waals surface area (Å²) in [5.41, 5.74) is 0.181. The highest BCUT2D eigenvalue weighted by atomic mass is 16.7. The minimum atomic E-state index is -0.559. The van der Waals surface area contributed by atoms with Gasteiger partial charge in [0, 0.05) is 13.0 Å². The molecule has 0 heterocycles. The van der Waals surface area contributed by atoms with Crippen molar-refractivity contribution in [2.24, 2.45) is 11.1 Å². The van der Waals surface area contributed by atoms with Crippen molar-refractivity contribution in [2.45, 2.75) is 34.1 Å². The summed E-state index contributed by atoms with van der Waals surface area (Å²) < 4.78 is 0. The first-order chi connectivity index (χ1) is 6.93. The van der Waals surface area contributed by atoms with Crippen LogP contribution in [-0.4, -0.2) is 17.5 Å². The van der Waals surface area contributed by atoms with Gasteiger partial charge in [0.25, 0.3) is 0 Å². The van der Waals surface area contributed by atoms with Crippen LogP contribution in [0.4, 0.5) is 0 Å². The molecule has 0 aliphatic carbocycles. The highest BCUT2D eigenvalue weighted by Crippen LogP contribution is 1.99. The van der Waals surface area contributed by atoms with E-state index < -0.39 is 5.97 Å². The zero-order valence-electron chi connectivity index (χ0n) is 9.61. The van der Waals surface area contributed by atoms with E-state index in [2.05, 4.69) is 9.99 Å². The molecule has 0 aromatic heterocycles. The van der Waals surface area contributed by atoms with Gasteiger partial charge >= 0.3 is 5.97 Å². The van der Waals surface area contributed by atoms with E-state index in [4.69, 9.17) is 0 Å². The molecule has 0 aromatic rings. The van der Waals surface area contributed by atoms with Crippen LogP contribution >= 0.6 is 0 Å². The Labute approximate surface area is 90.0 Å². The summed E-state index contributed by atoms with van der Waals surface area (Å²) in [7, 11) is 0. The van der Waals surface area contributed by atoms with Crippen molar-refractivity contribution in [2.75, 3.05) is 0 Å². The molecule has 0 spiro atoms. The number of carbonyl (C=O) groups is 2. The minimum absolute atomic E-state index is 0.181. The fraction of sp³-hybridized carbons (Fsp3) is 0.545. The summed E-state index contributed by atoms with van der Waals surface area (Å²) in [4.78, 5) is 26.2. The molecule has 0 amide bonds. The Morgan fingerprint density at radius 3 is 2.40 bits per heavy atom. The van der Waals surface area contributed by atoms with Crippen LogP contribution < -0.4 is 0 Å². The van der Waals surface area contributed by atoms with Crippen molar-refractivity contribution >= 4 is 17.5 Å². The van der Waals surface area contributed by atoms with Crippen molar-refractivity contribution in [1.82, 2.24) is 0 Å². The molecule has 0 saturated heterocycles. The second kappa shape index (κ2) is 6.92. The maximum absolute atomic E-state index is 11.0. The van der Waals surface area contributed by atoms with Gasteiger partial charge in [-0.3, -0.25) is 4.79 Å². The maximum atomic E-state index is 11.0. The van der Waals surface area contributed by atoms with Crippen LogP contribution in [-0.2, 0) is 14.4 Å². The van der Waals surface area contributed by atoms with E-state index in [1.54, 1.807) is 6.08 Å². The van der Waals surface area contributed by atoms with Gasteiger partial charge in [0.05, 0.1) is 0 Å². The van der Waals surface area contributed by atoms with E-state index in [1.165, 1.54) is 19.9 Å². The van der Waals surface area contributed by atoms with Crippen molar-refractivity contribution in [3.8, 4) is 0 Å². The van der Waals surface area contributed by atoms with Crippen molar-refractivity contribution < 1.29 is 14.4 Å². The number of hydrogen-bond acceptors (Lipinski definition) is 4. The van der Waals surface area contributed by atoms with E-state index in [0.717, 1.165) is 6.42 Å². The van der Waals surface area contributed by atoms with E-state index in [9.17, 15) is 9.59 Å². The van der Waals surface area contributed by atoms with Crippen molar-refractivity contribution in [3.05, 3.63) is 12.2 Å². The molecule has 84 valence electrons.